The highest BCUT2D eigenvalue weighted by Crippen LogP contribution is 2.25. The van der Waals surface area contributed by atoms with Crippen LogP contribution in [0.25, 0.3) is 11.3 Å². The van der Waals surface area contributed by atoms with Gasteiger partial charge in [0.1, 0.15) is 17.8 Å². The van der Waals surface area contributed by atoms with Crippen LogP contribution in [0, 0.1) is 0 Å². The number of nitrogens with zero attached hydrogens (tertiary/aromatic N) is 4. The summed E-state index contributed by atoms with van der Waals surface area (Å²) in [7, 11) is 1.67. The fraction of sp³-hybridized carbons (Fsp3) is 0.267. The molecule has 2 heterocycles. The lowest BCUT2D eigenvalue weighted by molar-refractivity contribution is 0.184. The number of aromatic nitrogens is 4. The van der Waals surface area contributed by atoms with Gasteiger partial charge in [-0.2, -0.15) is 0 Å². The van der Waals surface area contributed by atoms with E-state index in [1.165, 1.54) is 0 Å². The molecule has 2 aromatic heterocycles. The van der Waals surface area contributed by atoms with Gasteiger partial charge in [0.25, 0.3) is 0 Å². The van der Waals surface area contributed by atoms with E-state index in [0.29, 0.717) is 17.4 Å². The van der Waals surface area contributed by atoms with Gasteiger partial charge in [0, 0.05) is 30.3 Å². The van der Waals surface area contributed by atoms with E-state index < -0.39 is 0 Å². The SMILES string of the molecule is COCCn1cnnc1SCc1cc(-c2ccc(Cl)cc2)no1. The van der Waals surface area contributed by atoms with E-state index >= 15 is 0 Å². The van der Waals surface area contributed by atoms with E-state index in [4.69, 9.17) is 20.9 Å². The number of halogens is 1. The Morgan fingerprint density at radius 3 is 2.91 bits per heavy atom. The van der Waals surface area contributed by atoms with Crippen LogP contribution in [0.2, 0.25) is 5.02 Å². The van der Waals surface area contributed by atoms with Gasteiger partial charge in [-0.05, 0) is 12.1 Å². The van der Waals surface area contributed by atoms with E-state index in [2.05, 4.69) is 15.4 Å². The van der Waals surface area contributed by atoms with Crippen molar-refractivity contribution in [3.63, 3.8) is 0 Å². The van der Waals surface area contributed by atoms with Crippen molar-refractivity contribution < 1.29 is 9.26 Å². The summed E-state index contributed by atoms with van der Waals surface area (Å²) in [5.74, 6) is 1.41. The minimum absolute atomic E-state index is 0.620. The second kappa shape index (κ2) is 7.63. The average molecular weight is 351 g/mol. The first kappa shape index (κ1) is 16.0. The van der Waals surface area contributed by atoms with Gasteiger partial charge in [0.15, 0.2) is 5.16 Å². The number of ether oxygens (including phenoxy) is 1. The van der Waals surface area contributed by atoms with Crippen LogP contribution in [0.1, 0.15) is 5.76 Å². The molecule has 3 rings (SSSR count). The summed E-state index contributed by atoms with van der Waals surface area (Å²) >= 11 is 7.44. The van der Waals surface area contributed by atoms with E-state index in [1.54, 1.807) is 25.2 Å². The fourth-order valence-corrected chi connectivity index (χ4v) is 2.92. The third kappa shape index (κ3) is 4.13. The van der Waals surface area contributed by atoms with Gasteiger partial charge in [-0.3, -0.25) is 0 Å². The molecule has 8 heteroatoms. The third-order valence-electron chi connectivity index (χ3n) is 3.16. The zero-order valence-corrected chi connectivity index (χ0v) is 14.0. The molecule has 0 N–H and O–H groups in total. The molecule has 23 heavy (non-hydrogen) atoms. The first-order valence-electron chi connectivity index (χ1n) is 6.97. The van der Waals surface area contributed by atoms with Gasteiger partial charge in [-0.25, -0.2) is 0 Å². The minimum atomic E-state index is 0.620. The molecule has 0 fully saturated rings. The molecule has 3 aromatic rings. The summed E-state index contributed by atoms with van der Waals surface area (Å²) < 4.78 is 12.4. The first-order chi connectivity index (χ1) is 11.3. The van der Waals surface area contributed by atoms with Crippen molar-refractivity contribution in [1.29, 1.82) is 0 Å². The van der Waals surface area contributed by atoms with Gasteiger partial charge in [-0.1, -0.05) is 40.7 Å². The quantitative estimate of drug-likeness (QED) is 0.607. The first-order valence-corrected chi connectivity index (χ1v) is 8.33. The maximum atomic E-state index is 5.89. The topological polar surface area (TPSA) is 66.0 Å². The van der Waals surface area contributed by atoms with Crippen LogP contribution in [0.3, 0.4) is 0 Å². The molecule has 0 unspecified atom stereocenters. The van der Waals surface area contributed by atoms with Crippen LogP contribution in [0.5, 0.6) is 0 Å². The summed E-state index contributed by atoms with van der Waals surface area (Å²) in [6.45, 7) is 1.34. The molecule has 0 aliphatic carbocycles. The second-order valence-electron chi connectivity index (χ2n) is 4.77. The highest BCUT2D eigenvalue weighted by molar-refractivity contribution is 7.98. The average Bonchev–Trinajstić information content (AvgIpc) is 3.21. The van der Waals surface area contributed by atoms with Gasteiger partial charge in [0.2, 0.25) is 0 Å². The molecule has 0 atom stereocenters. The molecule has 0 aliphatic heterocycles. The number of methoxy groups -OCH3 is 1. The summed E-state index contributed by atoms with van der Waals surface area (Å²) in [5, 5.41) is 13.6. The van der Waals surface area contributed by atoms with Crippen LogP contribution in [0.15, 0.2) is 46.3 Å². The lowest BCUT2D eigenvalue weighted by atomic mass is 10.1. The van der Waals surface area contributed by atoms with E-state index in [-0.39, 0.29) is 0 Å². The minimum Gasteiger partial charge on any atom is -0.383 e. The Labute approximate surface area is 142 Å². The normalized spacial score (nSPS) is 11.0. The maximum absolute atomic E-state index is 5.89. The highest BCUT2D eigenvalue weighted by Gasteiger charge is 2.10. The van der Waals surface area contributed by atoms with Gasteiger partial charge in [-0.15, -0.1) is 10.2 Å². The highest BCUT2D eigenvalue weighted by atomic mass is 35.5. The summed E-state index contributed by atoms with van der Waals surface area (Å²) in [5.41, 5.74) is 1.76. The molecule has 0 radical (unpaired) electrons. The molecule has 1 aromatic carbocycles. The lowest BCUT2D eigenvalue weighted by Crippen LogP contribution is -2.04. The Morgan fingerprint density at radius 2 is 2.13 bits per heavy atom. The van der Waals surface area contributed by atoms with Crippen LogP contribution >= 0.6 is 23.4 Å². The number of thioether (sulfide) groups is 1. The number of benzene rings is 1. The Bertz CT molecular complexity index is 757. The van der Waals surface area contributed by atoms with Crippen molar-refractivity contribution >= 4 is 23.4 Å². The van der Waals surface area contributed by atoms with Crippen molar-refractivity contribution in [3.05, 3.63) is 47.4 Å². The van der Waals surface area contributed by atoms with Crippen LogP contribution < -0.4 is 0 Å². The molecule has 0 spiro atoms. The zero-order chi connectivity index (χ0) is 16.1. The van der Waals surface area contributed by atoms with E-state index in [1.807, 2.05) is 34.9 Å². The monoisotopic (exact) mass is 350 g/mol. The fourth-order valence-electron chi connectivity index (χ4n) is 1.97. The van der Waals surface area contributed by atoms with E-state index in [9.17, 15) is 0 Å². The number of hydrogen-bond acceptors (Lipinski definition) is 6. The largest absolute Gasteiger partial charge is 0.383 e. The smallest absolute Gasteiger partial charge is 0.191 e. The predicted octanol–water partition coefficient (Wildman–Crippen LogP) is 3.53. The second-order valence-corrected chi connectivity index (χ2v) is 6.15. The molecule has 0 saturated heterocycles. The summed E-state index contributed by atoms with van der Waals surface area (Å²) in [4.78, 5) is 0. The lowest BCUT2D eigenvalue weighted by Gasteiger charge is -2.03. The van der Waals surface area contributed by atoms with Crippen molar-refractivity contribution in [3.8, 4) is 11.3 Å². The number of rotatable bonds is 7. The van der Waals surface area contributed by atoms with Gasteiger partial charge >= 0.3 is 0 Å². The molecule has 0 amide bonds. The molecule has 6 nitrogen and oxygen atoms in total. The van der Waals surface area contributed by atoms with E-state index in [0.717, 1.165) is 28.7 Å². The predicted molar refractivity (Wildman–Crippen MR) is 88.4 cm³/mol. The standard InChI is InChI=1S/C15H15ClN4O2S/c1-21-7-6-20-10-17-18-15(20)23-9-13-8-14(19-22-13)11-2-4-12(16)5-3-11/h2-5,8,10H,6-7,9H2,1H3. The Hall–Kier alpha value is -1.83. The van der Waals surface area contributed by atoms with Crippen molar-refractivity contribution in [1.82, 2.24) is 19.9 Å². The van der Waals surface area contributed by atoms with Crippen LogP contribution in [-0.2, 0) is 17.0 Å². The Morgan fingerprint density at radius 1 is 1.30 bits per heavy atom. The molecule has 0 bridgehead atoms. The molecule has 0 saturated carbocycles. The third-order valence-corrected chi connectivity index (χ3v) is 4.41. The molecular weight excluding hydrogens is 336 g/mol. The maximum Gasteiger partial charge on any atom is 0.191 e. The van der Waals surface area contributed by atoms with Crippen LogP contribution in [0.4, 0.5) is 0 Å². The van der Waals surface area contributed by atoms with Crippen molar-refractivity contribution in [2.45, 2.75) is 17.5 Å². The van der Waals surface area contributed by atoms with Crippen LogP contribution in [-0.4, -0.2) is 33.6 Å². The summed E-state index contributed by atoms with van der Waals surface area (Å²) in [6, 6.07) is 9.42. The Balaban J connectivity index is 1.63. The molecular formula is C15H15ClN4O2S. The molecule has 0 aliphatic rings. The molecule has 120 valence electrons. The van der Waals surface area contributed by atoms with Gasteiger partial charge in [0.05, 0.1) is 12.4 Å². The Kier molecular flexibility index (Phi) is 5.32. The number of hydrogen-bond donors (Lipinski definition) is 0. The van der Waals surface area contributed by atoms with Crippen molar-refractivity contribution in [2.75, 3.05) is 13.7 Å². The van der Waals surface area contributed by atoms with Crippen molar-refractivity contribution in [2.24, 2.45) is 0 Å². The summed E-state index contributed by atoms with van der Waals surface area (Å²) in [6.07, 6.45) is 1.70. The van der Waals surface area contributed by atoms with Gasteiger partial charge < -0.3 is 13.8 Å². The zero-order valence-electron chi connectivity index (χ0n) is 12.5.